The Bertz CT molecular complexity index is 243. The van der Waals surface area contributed by atoms with E-state index in [0.29, 0.717) is 0 Å². The third-order valence-electron chi connectivity index (χ3n) is 4.33. The monoisotopic (exact) mass is 331 g/mol. The Morgan fingerprint density at radius 3 is 1.52 bits per heavy atom. The van der Waals surface area contributed by atoms with E-state index < -0.39 is 0 Å². The Hall–Kier alpha value is -0.280. The van der Waals surface area contributed by atoms with Crippen LogP contribution in [-0.4, -0.2) is 87.9 Å². The molecule has 138 valence electrons. The van der Waals surface area contributed by atoms with Crippen molar-refractivity contribution in [2.45, 2.75) is 31.2 Å². The normalized spacial score (nSPS) is 22.2. The Balaban J connectivity index is 2.55. The summed E-state index contributed by atoms with van der Waals surface area (Å²) in [6, 6.07) is 0. The quantitative estimate of drug-likeness (QED) is 0.309. The molecular formula is C16H37N5O2. The van der Waals surface area contributed by atoms with Crippen molar-refractivity contribution in [2.24, 2.45) is 0 Å². The first kappa shape index (κ1) is 20.8. The fourth-order valence-electron chi connectivity index (χ4n) is 3.02. The van der Waals surface area contributed by atoms with Crippen molar-refractivity contribution in [1.29, 1.82) is 0 Å². The van der Waals surface area contributed by atoms with Crippen molar-refractivity contribution in [3.63, 3.8) is 0 Å². The molecule has 1 fully saturated rings. The molecule has 0 aliphatic carbocycles. The summed E-state index contributed by atoms with van der Waals surface area (Å²) in [4.78, 5) is 0. The number of rotatable bonds is 6. The smallest absolute Gasteiger partial charge is 0.0431 e. The van der Waals surface area contributed by atoms with Gasteiger partial charge in [0, 0.05) is 77.7 Å². The van der Waals surface area contributed by atoms with Gasteiger partial charge < -0.3 is 36.8 Å². The van der Waals surface area contributed by atoms with Crippen molar-refractivity contribution in [2.75, 3.05) is 72.1 Å². The predicted molar refractivity (Wildman–Crippen MR) is 94.9 cm³/mol. The van der Waals surface area contributed by atoms with Gasteiger partial charge in [-0.1, -0.05) is 0 Å². The lowest BCUT2D eigenvalue weighted by Crippen LogP contribution is -2.55. The van der Waals surface area contributed by atoms with Gasteiger partial charge in [-0.2, -0.15) is 0 Å². The van der Waals surface area contributed by atoms with E-state index in [9.17, 15) is 10.2 Å². The minimum absolute atomic E-state index is 0.0500. The highest BCUT2D eigenvalue weighted by Gasteiger charge is 2.27. The first-order chi connectivity index (χ1) is 11.3. The molecule has 7 nitrogen and oxygen atoms in total. The summed E-state index contributed by atoms with van der Waals surface area (Å²) in [6.07, 6.45) is 3.42. The van der Waals surface area contributed by atoms with Gasteiger partial charge in [-0.15, -0.1) is 0 Å². The summed E-state index contributed by atoms with van der Waals surface area (Å²) in [5.74, 6) is 0. The first-order valence-electron chi connectivity index (χ1n) is 9.13. The average Bonchev–Trinajstić information content (AvgIpc) is 2.58. The maximum absolute atomic E-state index is 9.22. The summed E-state index contributed by atoms with van der Waals surface area (Å²) in [7, 11) is 0. The zero-order valence-corrected chi connectivity index (χ0v) is 14.5. The molecule has 1 aliphatic rings. The van der Waals surface area contributed by atoms with Gasteiger partial charge in [0.2, 0.25) is 0 Å². The van der Waals surface area contributed by atoms with Crippen LogP contribution in [0.1, 0.15) is 25.7 Å². The van der Waals surface area contributed by atoms with Gasteiger partial charge in [0.15, 0.2) is 0 Å². The minimum Gasteiger partial charge on any atom is -0.396 e. The van der Waals surface area contributed by atoms with Crippen molar-refractivity contribution < 1.29 is 10.2 Å². The SMILES string of the molecule is OCCCC1(CCCO)CNCCNCCNCCNCCN1. The van der Waals surface area contributed by atoms with E-state index in [2.05, 4.69) is 26.6 Å². The molecule has 0 amide bonds. The molecule has 0 saturated carbocycles. The zero-order valence-electron chi connectivity index (χ0n) is 14.5. The Labute approximate surface area is 141 Å². The molecule has 1 aliphatic heterocycles. The van der Waals surface area contributed by atoms with Crippen molar-refractivity contribution in [3.8, 4) is 0 Å². The largest absolute Gasteiger partial charge is 0.396 e. The van der Waals surface area contributed by atoms with Crippen molar-refractivity contribution >= 4 is 0 Å². The Morgan fingerprint density at radius 2 is 1.04 bits per heavy atom. The topological polar surface area (TPSA) is 101 Å². The molecule has 0 aromatic heterocycles. The zero-order chi connectivity index (χ0) is 16.6. The maximum Gasteiger partial charge on any atom is 0.0431 e. The van der Waals surface area contributed by atoms with Crippen LogP contribution in [-0.2, 0) is 0 Å². The molecule has 1 heterocycles. The Morgan fingerprint density at radius 1 is 0.609 bits per heavy atom. The number of hydrogen-bond acceptors (Lipinski definition) is 7. The minimum atomic E-state index is -0.0500. The van der Waals surface area contributed by atoms with Crippen molar-refractivity contribution in [3.05, 3.63) is 0 Å². The van der Waals surface area contributed by atoms with E-state index >= 15 is 0 Å². The van der Waals surface area contributed by atoms with Gasteiger partial charge in [-0.25, -0.2) is 0 Å². The first-order valence-corrected chi connectivity index (χ1v) is 9.13. The van der Waals surface area contributed by atoms with E-state index in [0.717, 1.165) is 84.6 Å². The van der Waals surface area contributed by atoms with Crippen LogP contribution in [0.4, 0.5) is 0 Å². The molecule has 7 N–H and O–H groups in total. The standard InChI is InChI=1S/C16H37N5O2/c22-13-1-3-16(4-2-14-23)15-20-10-9-18-6-5-17-7-8-19-11-12-21-16/h17-23H,1-15H2. The molecule has 0 spiro atoms. The predicted octanol–water partition coefficient (Wildman–Crippen LogP) is -1.77. The summed E-state index contributed by atoms with van der Waals surface area (Å²) in [6.45, 7) is 8.96. The van der Waals surface area contributed by atoms with Gasteiger partial charge in [0.25, 0.3) is 0 Å². The van der Waals surface area contributed by atoms with Crippen LogP contribution in [0.25, 0.3) is 0 Å². The highest BCUT2D eigenvalue weighted by Crippen LogP contribution is 2.19. The van der Waals surface area contributed by atoms with E-state index in [1.807, 2.05) is 0 Å². The lowest BCUT2D eigenvalue weighted by molar-refractivity contribution is 0.199. The summed E-state index contributed by atoms with van der Waals surface area (Å²) >= 11 is 0. The highest BCUT2D eigenvalue weighted by molar-refractivity contribution is 4.90. The molecule has 1 rings (SSSR count). The molecular weight excluding hydrogens is 294 g/mol. The third-order valence-corrected chi connectivity index (χ3v) is 4.33. The van der Waals surface area contributed by atoms with E-state index in [-0.39, 0.29) is 18.8 Å². The van der Waals surface area contributed by atoms with Crippen molar-refractivity contribution in [1.82, 2.24) is 26.6 Å². The highest BCUT2D eigenvalue weighted by atomic mass is 16.3. The van der Waals surface area contributed by atoms with Crippen LogP contribution in [0.3, 0.4) is 0 Å². The van der Waals surface area contributed by atoms with Crippen LogP contribution in [0.15, 0.2) is 0 Å². The van der Waals surface area contributed by atoms with Gasteiger partial charge in [0.1, 0.15) is 0 Å². The van der Waals surface area contributed by atoms with E-state index in [1.54, 1.807) is 0 Å². The fourth-order valence-corrected chi connectivity index (χ4v) is 3.02. The molecule has 0 bridgehead atoms. The number of hydrogen-bond donors (Lipinski definition) is 7. The maximum atomic E-state index is 9.22. The fraction of sp³-hybridized carbons (Fsp3) is 1.00. The molecule has 0 aromatic rings. The molecule has 0 aromatic carbocycles. The number of aliphatic hydroxyl groups is 2. The van der Waals surface area contributed by atoms with Crippen LogP contribution in [0.2, 0.25) is 0 Å². The molecule has 1 saturated heterocycles. The van der Waals surface area contributed by atoms with E-state index in [1.165, 1.54) is 0 Å². The third kappa shape index (κ3) is 10.2. The molecule has 0 unspecified atom stereocenters. The molecule has 0 atom stereocenters. The van der Waals surface area contributed by atoms with Gasteiger partial charge >= 0.3 is 0 Å². The van der Waals surface area contributed by atoms with E-state index in [4.69, 9.17) is 0 Å². The van der Waals surface area contributed by atoms with Gasteiger partial charge in [-0.3, -0.25) is 0 Å². The molecule has 23 heavy (non-hydrogen) atoms. The lowest BCUT2D eigenvalue weighted by atomic mass is 9.88. The van der Waals surface area contributed by atoms with Crippen LogP contribution < -0.4 is 26.6 Å². The van der Waals surface area contributed by atoms with Crippen LogP contribution in [0.5, 0.6) is 0 Å². The second-order valence-corrected chi connectivity index (χ2v) is 6.29. The summed E-state index contributed by atoms with van der Waals surface area (Å²) in [5.41, 5.74) is -0.0500. The molecule has 0 radical (unpaired) electrons. The van der Waals surface area contributed by atoms with Crippen LogP contribution in [0, 0.1) is 0 Å². The second kappa shape index (κ2) is 14.1. The van der Waals surface area contributed by atoms with Crippen LogP contribution >= 0.6 is 0 Å². The Kier molecular flexibility index (Phi) is 12.7. The second-order valence-electron chi connectivity index (χ2n) is 6.29. The van der Waals surface area contributed by atoms with Gasteiger partial charge in [-0.05, 0) is 25.7 Å². The summed E-state index contributed by atoms with van der Waals surface area (Å²) in [5, 5.41) is 35.9. The van der Waals surface area contributed by atoms with Gasteiger partial charge in [0.05, 0.1) is 0 Å². The number of aliphatic hydroxyl groups excluding tert-OH is 2. The number of nitrogens with one attached hydrogen (secondary N) is 5. The molecule has 7 heteroatoms. The average molecular weight is 332 g/mol. The summed E-state index contributed by atoms with van der Waals surface area (Å²) < 4.78 is 0. The lowest BCUT2D eigenvalue weighted by Gasteiger charge is -2.36.